The molecule has 2 aromatic rings. The first-order chi connectivity index (χ1) is 7.75. The SMILES string of the molecule is Clc1nncc2c1Sc1c(cnnc1Cl)S2. The second-order valence-electron chi connectivity index (χ2n) is 2.86. The van der Waals surface area contributed by atoms with Crippen molar-refractivity contribution in [2.75, 3.05) is 0 Å². The van der Waals surface area contributed by atoms with Gasteiger partial charge in [0.05, 0.1) is 22.2 Å². The van der Waals surface area contributed by atoms with Gasteiger partial charge in [-0.25, -0.2) is 0 Å². The van der Waals surface area contributed by atoms with Crippen LogP contribution < -0.4 is 0 Å². The van der Waals surface area contributed by atoms with Gasteiger partial charge < -0.3 is 0 Å². The van der Waals surface area contributed by atoms with Gasteiger partial charge in [-0.15, -0.1) is 10.2 Å². The maximum absolute atomic E-state index is 5.97. The summed E-state index contributed by atoms with van der Waals surface area (Å²) in [7, 11) is 0. The first-order valence-electron chi connectivity index (χ1n) is 4.14. The molecule has 0 fully saturated rings. The molecule has 0 spiro atoms. The molecule has 0 aromatic carbocycles. The highest BCUT2D eigenvalue weighted by atomic mass is 35.5. The molecule has 0 radical (unpaired) electrons. The smallest absolute Gasteiger partial charge is 0.156 e. The average molecular weight is 289 g/mol. The van der Waals surface area contributed by atoms with Crippen LogP contribution in [-0.2, 0) is 0 Å². The molecule has 8 heteroatoms. The lowest BCUT2D eigenvalue weighted by atomic mass is 10.5. The van der Waals surface area contributed by atoms with Gasteiger partial charge >= 0.3 is 0 Å². The number of hydrogen-bond acceptors (Lipinski definition) is 6. The number of halogens is 2. The molecule has 1 aliphatic rings. The third-order valence-corrected chi connectivity index (χ3v) is 5.19. The van der Waals surface area contributed by atoms with E-state index in [1.54, 1.807) is 12.4 Å². The molecular weight excluding hydrogens is 287 g/mol. The van der Waals surface area contributed by atoms with Gasteiger partial charge in [0, 0.05) is 9.79 Å². The van der Waals surface area contributed by atoms with E-state index in [1.807, 2.05) is 0 Å². The number of aromatic nitrogens is 4. The summed E-state index contributed by atoms with van der Waals surface area (Å²) in [6.45, 7) is 0. The Morgan fingerprint density at radius 3 is 1.81 bits per heavy atom. The van der Waals surface area contributed by atoms with Crippen molar-refractivity contribution >= 4 is 46.7 Å². The summed E-state index contributed by atoms with van der Waals surface area (Å²) in [5.74, 6) is 0. The maximum atomic E-state index is 5.97. The summed E-state index contributed by atoms with van der Waals surface area (Å²) in [4.78, 5) is 3.65. The Morgan fingerprint density at radius 1 is 0.812 bits per heavy atom. The Labute approximate surface area is 109 Å². The quantitative estimate of drug-likeness (QED) is 0.633. The zero-order chi connectivity index (χ0) is 11.1. The standard InChI is InChI=1S/C8H2Cl2N4S2/c9-7-5-3(1-11-13-7)15-4-2-12-14-8(10)6(4)16-5/h1-2H. The largest absolute Gasteiger partial charge is 0.166 e. The van der Waals surface area contributed by atoms with Gasteiger partial charge in [-0.3, -0.25) is 0 Å². The lowest BCUT2D eigenvalue weighted by molar-refractivity contribution is 0.913. The minimum Gasteiger partial charge on any atom is -0.156 e. The van der Waals surface area contributed by atoms with Gasteiger partial charge in [-0.2, -0.15) is 10.2 Å². The van der Waals surface area contributed by atoms with Crippen LogP contribution in [0.1, 0.15) is 0 Å². The molecule has 2 aromatic heterocycles. The highest BCUT2D eigenvalue weighted by Crippen LogP contribution is 2.51. The first kappa shape index (κ1) is 10.6. The lowest BCUT2D eigenvalue weighted by Gasteiger charge is -2.17. The van der Waals surface area contributed by atoms with Crippen molar-refractivity contribution in [1.82, 2.24) is 20.4 Å². The normalized spacial score (nSPS) is 13.1. The maximum Gasteiger partial charge on any atom is 0.166 e. The van der Waals surface area contributed by atoms with E-state index in [9.17, 15) is 0 Å². The van der Waals surface area contributed by atoms with E-state index in [1.165, 1.54) is 23.5 Å². The van der Waals surface area contributed by atoms with Crippen LogP contribution in [0, 0.1) is 0 Å². The average Bonchev–Trinajstić information content (AvgIpc) is 2.28. The summed E-state index contributed by atoms with van der Waals surface area (Å²) in [6, 6.07) is 0. The molecule has 0 atom stereocenters. The van der Waals surface area contributed by atoms with Gasteiger partial charge in [0.15, 0.2) is 10.3 Å². The van der Waals surface area contributed by atoms with Crippen LogP contribution >= 0.6 is 46.7 Å². The van der Waals surface area contributed by atoms with Crippen molar-refractivity contribution in [3.8, 4) is 0 Å². The van der Waals surface area contributed by atoms with E-state index in [4.69, 9.17) is 23.2 Å². The van der Waals surface area contributed by atoms with Crippen LogP contribution in [0.15, 0.2) is 32.0 Å². The number of nitrogens with zero attached hydrogens (tertiary/aromatic N) is 4. The molecule has 16 heavy (non-hydrogen) atoms. The zero-order valence-corrected chi connectivity index (χ0v) is 10.7. The Balaban J connectivity index is 2.17. The van der Waals surface area contributed by atoms with Gasteiger partial charge in [-0.05, 0) is 0 Å². The van der Waals surface area contributed by atoms with Crippen LogP contribution in [0.4, 0.5) is 0 Å². The molecule has 3 rings (SSSR count). The minimum absolute atomic E-state index is 0.383. The fourth-order valence-electron chi connectivity index (χ4n) is 1.23. The van der Waals surface area contributed by atoms with Gasteiger partial charge in [0.2, 0.25) is 0 Å². The van der Waals surface area contributed by atoms with E-state index in [2.05, 4.69) is 20.4 Å². The molecule has 80 valence electrons. The molecule has 0 unspecified atom stereocenters. The van der Waals surface area contributed by atoms with Crippen molar-refractivity contribution in [2.45, 2.75) is 19.6 Å². The number of fused-ring (bicyclic) bond motifs is 2. The summed E-state index contributed by atoms with van der Waals surface area (Å²) < 4.78 is 0. The molecule has 3 heterocycles. The Hall–Kier alpha value is -0.560. The van der Waals surface area contributed by atoms with E-state index < -0.39 is 0 Å². The molecule has 0 N–H and O–H groups in total. The number of rotatable bonds is 0. The predicted octanol–water partition coefficient (Wildman–Crippen LogP) is 3.19. The second kappa shape index (κ2) is 4.03. The molecular formula is C8H2Cl2N4S2. The summed E-state index contributed by atoms with van der Waals surface area (Å²) in [6.07, 6.45) is 3.35. The van der Waals surface area contributed by atoms with Gasteiger partial charge in [0.25, 0.3) is 0 Å². The highest BCUT2D eigenvalue weighted by molar-refractivity contribution is 8.05. The summed E-state index contributed by atoms with van der Waals surface area (Å²) in [5.41, 5.74) is 0. The third-order valence-electron chi connectivity index (χ3n) is 1.89. The van der Waals surface area contributed by atoms with Crippen LogP contribution in [-0.4, -0.2) is 20.4 Å². The number of hydrogen-bond donors (Lipinski definition) is 0. The predicted molar refractivity (Wildman–Crippen MR) is 62.3 cm³/mol. The van der Waals surface area contributed by atoms with E-state index in [0.717, 1.165) is 19.6 Å². The lowest BCUT2D eigenvalue weighted by Crippen LogP contribution is -1.97. The second-order valence-corrected chi connectivity index (χ2v) is 5.68. The monoisotopic (exact) mass is 288 g/mol. The van der Waals surface area contributed by atoms with E-state index >= 15 is 0 Å². The Morgan fingerprint density at radius 2 is 1.31 bits per heavy atom. The van der Waals surface area contributed by atoms with Crippen molar-refractivity contribution < 1.29 is 0 Å². The summed E-state index contributed by atoms with van der Waals surface area (Å²) >= 11 is 14.9. The summed E-state index contributed by atoms with van der Waals surface area (Å²) in [5, 5.41) is 16.0. The van der Waals surface area contributed by atoms with Crippen molar-refractivity contribution in [3.63, 3.8) is 0 Å². The molecule has 1 aliphatic heterocycles. The van der Waals surface area contributed by atoms with Crippen LogP contribution in [0.3, 0.4) is 0 Å². The Kier molecular flexibility index (Phi) is 2.67. The molecule has 0 saturated heterocycles. The van der Waals surface area contributed by atoms with E-state index in [0.29, 0.717) is 10.3 Å². The third kappa shape index (κ3) is 1.66. The van der Waals surface area contributed by atoms with Gasteiger partial charge in [-0.1, -0.05) is 46.7 Å². The van der Waals surface area contributed by atoms with E-state index in [-0.39, 0.29) is 0 Å². The molecule has 4 nitrogen and oxygen atoms in total. The fraction of sp³-hybridized carbons (Fsp3) is 0. The fourth-order valence-corrected chi connectivity index (χ4v) is 3.94. The zero-order valence-electron chi connectivity index (χ0n) is 7.52. The minimum atomic E-state index is 0.383. The van der Waals surface area contributed by atoms with Crippen LogP contribution in [0.2, 0.25) is 10.3 Å². The van der Waals surface area contributed by atoms with Crippen LogP contribution in [0.5, 0.6) is 0 Å². The van der Waals surface area contributed by atoms with Crippen LogP contribution in [0.25, 0.3) is 0 Å². The van der Waals surface area contributed by atoms with Gasteiger partial charge in [0.1, 0.15) is 0 Å². The molecule has 0 bridgehead atoms. The molecule has 0 aliphatic carbocycles. The Bertz CT molecular complexity index is 528. The topological polar surface area (TPSA) is 51.6 Å². The first-order valence-corrected chi connectivity index (χ1v) is 6.52. The van der Waals surface area contributed by atoms with Crippen molar-refractivity contribution in [1.29, 1.82) is 0 Å². The molecule has 0 saturated carbocycles. The molecule has 0 amide bonds. The van der Waals surface area contributed by atoms with Crippen molar-refractivity contribution in [3.05, 3.63) is 22.7 Å². The highest BCUT2D eigenvalue weighted by Gasteiger charge is 2.23. The van der Waals surface area contributed by atoms with Crippen molar-refractivity contribution in [2.24, 2.45) is 0 Å².